The number of carboxylic acid groups (broad SMARTS) is 1. The van der Waals surface area contributed by atoms with Crippen molar-refractivity contribution in [2.75, 3.05) is 6.61 Å². The van der Waals surface area contributed by atoms with E-state index in [2.05, 4.69) is 0 Å². The van der Waals surface area contributed by atoms with Crippen molar-refractivity contribution in [1.29, 1.82) is 0 Å². The van der Waals surface area contributed by atoms with Gasteiger partial charge in [-0.3, -0.25) is 0 Å². The zero-order valence-electron chi connectivity index (χ0n) is 9.36. The van der Waals surface area contributed by atoms with Gasteiger partial charge < -0.3 is 14.9 Å². The van der Waals surface area contributed by atoms with Gasteiger partial charge in [-0.05, 0) is 25.1 Å². The maximum absolute atomic E-state index is 12.4. The fourth-order valence-electron chi connectivity index (χ4n) is 1.05. The molecule has 0 aliphatic heterocycles. The Morgan fingerprint density at radius 3 is 2.50 bits per heavy atom. The molecule has 7 heteroatoms. The van der Waals surface area contributed by atoms with E-state index >= 15 is 0 Å². The number of benzene rings is 1. The van der Waals surface area contributed by atoms with Crippen molar-refractivity contribution < 1.29 is 32.9 Å². The van der Waals surface area contributed by atoms with Gasteiger partial charge in [-0.25, -0.2) is 4.79 Å². The molecule has 0 heterocycles. The lowest BCUT2D eigenvalue weighted by Crippen LogP contribution is -2.41. The van der Waals surface area contributed by atoms with E-state index in [-0.39, 0.29) is 5.75 Å². The van der Waals surface area contributed by atoms with E-state index in [1.165, 1.54) is 6.07 Å². The van der Waals surface area contributed by atoms with Crippen LogP contribution in [0.2, 0.25) is 0 Å². The van der Waals surface area contributed by atoms with Crippen LogP contribution in [0.3, 0.4) is 0 Å². The summed E-state index contributed by atoms with van der Waals surface area (Å²) in [5.74, 6) is -1.68. The first kappa shape index (κ1) is 14.3. The van der Waals surface area contributed by atoms with Gasteiger partial charge in [0.05, 0.1) is 5.56 Å². The predicted molar refractivity (Wildman–Crippen MR) is 55.2 cm³/mol. The van der Waals surface area contributed by atoms with Crippen molar-refractivity contribution in [3.05, 3.63) is 29.8 Å². The number of carbonyl (C=O) groups is 1. The molecule has 0 aliphatic carbocycles. The molecule has 0 aromatic heterocycles. The van der Waals surface area contributed by atoms with E-state index in [4.69, 9.17) is 9.84 Å². The highest BCUT2D eigenvalue weighted by atomic mass is 19.4. The summed E-state index contributed by atoms with van der Waals surface area (Å²) in [6.07, 6.45) is -4.51. The topological polar surface area (TPSA) is 66.8 Å². The molecule has 0 amide bonds. The van der Waals surface area contributed by atoms with Crippen LogP contribution in [0.15, 0.2) is 24.3 Å². The Kier molecular flexibility index (Phi) is 3.85. The van der Waals surface area contributed by atoms with Gasteiger partial charge in [-0.1, -0.05) is 6.07 Å². The molecule has 1 aromatic carbocycles. The van der Waals surface area contributed by atoms with Gasteiger partial charge in [0.1, 0.15) is 12.4 Å². The van der Waals surface area contributed by atoms with E-state index in [0.29, 0.717) is 0 Å². The second-order valence-corrected chi connectivity index (χ2v) is 3.89. The van der Waals surface area contributed by atoms with Crippen molar-refractivity contribution in [3.63, 3.8) is 0 Å². The summed E-state index contributed by atoms with van der Waals surface area (Å²) in [4.78, 5) is 10.6. The van der Waals surface area contributed by atoms with Crippen molar-refractivity contribution in [1.82, 2.24) is 0 Å². The second-order valence-electron chi connectivity index (χ2n) is 3.89. The first-order valence-electron chi connectivity index (χ1n) is 4.89. The minimum Gasteiger partial charge on any atom is -0.490 e. The lowest BCUT2D eigenvalue weighted by molar-refractivity contribution is -0.159. The molecular formula is C11H11F3O4. The van der Waals surface area contributed by atoms with Gasteiger partial charge in [0, 0.05) is 0 Å². The van der Waals surface area contributed by atoms with Crippen LogP contribution in [0.25, 0.3) is 0 Å². The normalized spacial score (nSPS) is 14.9. The molecule has 100 valence electrons. The number of aliphatic carboxylic acids is 1. The van der Waals surface area contributed by atoms with E-state index in [1.807, 2.05) is 0 Å². The number of ether oxygens (including phenoxy) is 1. The van der Waals surface area contributed by atoms with Crippen LogP contribution in [-0.2, 0) is 11.0 Å². The standard InChI is InChI=1S/C11H11F3O4/c1-10(17,9(15)16)6-18-8-4-2-3-7(5-8)11(12,13)14/h2-5,17H,6H2,1H3,(H,15,16). The molecule has 0 spiro atoms. The van der Waals surface area contributed by atoms with Crippen LogP contribution in [0.4, 0.5) is 13.2 Å². The molecule has 0 radical (unpaired) electrons. The molecule has 0 bridgehead atoms. The van der Waals surface area contributed by atoms with Gasteiger partial charge in [0.15, 0.2) is 5.60 Å². The number of aliphatic hydroxyl groups is 1. The van der Waals surface area contributed by atoms with Gasteiger partial charge >= 0.3 is 12.1 Å². The average Bonchev–Trinajstić information content (AvgIpc) is 2.25. The third-order valence-corrected chi connectivity index (χ3v) is 2.14. The van der Waals surface area contributed by atoms with Crippen LogP contribution >= 0.6 is 0 Å². The monoisotopic (exact) mass is 264 g/mol. The Labute approximate surface area is 101 Å². The van der Waals surface area contributed by atoms with Crippen molar-refractivity contribution in [2.45, 2.75) is 18.7 Å². The first-order chi connectivity index (χ1) is 8.13. The molecule has 0 aliphatic rings. The van der Waals surface area contributed by atoms with Crippen molar-refractivity contribution in [2.24, 2.45) is 0 Å². The molecule has 2 N–H and O–H groups in total. The van der Waals surface area contributed by atoms with Gasteiger partial charge in [0.2, 0.25) is 0 Å². The van der Waals surface area contributed by atoms with Crippen molar-refractivity contribution in [3.8, 4) is 5.75 Å². The molecule has 0 saturated heterocycles. The first-order valence-corrected chi connectivity index (χ1v) is 4.89. The van der Waals surface area contributed by atoms with Crippen LogP contribution < -0.4 is 4.74 Å². The molecule has 1 atom stereocenters. The zero-order chi connectivity index (χ0) is 14.0. The van der Waals surface area contributed by atoms with E-state index in [0.717, 1.165) is 25.1 Å². The summed E-state index contributed by atoms with van der Waals surface area (Å²) in [6, 6.07) is 3.97. The van der Waals surface area contributed by atoms with E-state index in [1.54, 1.807) is 0 Å². The lowest BCUT2D eigenvalue weighted by Gasteiger charge is -2.18. The van der Waals surface area contributed by atoms with Gasteiger partial charge in [-0.15, -0.1) is 0 Å². The van der Waals surface area contributed by atoms with Crippen LogP contribution in [0.1, 0.15) is 12.5 Å². The molecule has 1 rings (SSSR count). The summed E-state index contributed by atoms with van der Waals surface area (Å²) in [5.41, 5.74) is -3.07. The number of hydrogen-bond acceptors (Lipinski definition) is 3. The molecule has 18 heavy (non-hydrogen) atoms. The summed E-state index contributed by atoms with van der Waals surface area (Å²) < 4.78 is 42.0. The number of carboxylic acids is 1. The highest BCUT2D eigenvalue weighted by Crippen LogP contribution is 2.31. The number of halogens is 3. The second kappa shape index (κ2) is 4.85. The highest BCUT2D eigenvalue weighted by Gasteiger charge is 2.32. The number of alkyl halides is 3. The quantitative estimate of drug-likeness (QED) is 0.871. The van der Waals surface area contributed by atoms with Crippen LogP contribution in [0, 0.1) is 0 Å². The Morgan fingerprint density at radius 1 is 1.39 bits per heavy atom. The Balaban J connectivity index is 2.78. The summed E-state index contributed by atoms with van der Waals surface area (Å²) >= 11 is 0. The van der Waals surface area contributed by atoms with Crippen LogP contribution in [-0.4, -0.2) is 28.4 Å². The maximum Gasteiger partial charge on any atom is 0.416 e. The third-order valence-electron chi connectivity index (χ3n) is 2.14. The minimum atomic E-state index is -4.51. The van der Waals surface area contributed by atoms with E-state index < -0.39 is 29.9 Å². The molecular weight excluding hydrogens is 253 g/mol. The fourth-order valence-corrected chi connectivity index (χ4v) is 1.05. The molecule has 4 nitrogen and oxygen atoms in total. The summed E-state index contributed by atoms with van der Waals surface area (Å²) in [7, 11) is 0. The maximum atomic E-state index is 12.4. The SMILES string of the molecule is CC(O)(COc1cccc(C(F)(F)F)c1)C(=O)O. The predicted octanol–water partition coefficient (Wildman–Crippen LogP) is 1.92. The van der Waals surface area contributed by atoms with Gasteiger partial charge in [0.25, 0.3) is 0 Å². The Hall–Kier alpha value is -1.76. The lowest BCUT2D eigenvalue weighted by atomic mass is 10.1. The molecule has 0 fully saturated rings. The summed E-state index contributed by atoms with van der Waals surface area (Å²) in [5, 5.41) is 17.9. The van der Waals surface area contributed by atoms with Gasteiger partial charge in [-0.2, -0.15) is 13.2 Å². The Morgan fingerprint density at radius 2 is 2.00 bits per heavy atom. The van der Waals surface area contributed by atoms with E-state index in [9.17, 15) is 23.1 Å². The average molecular weight is 264 g/mol. The molecule has 1 unspecified atom stereocenters. The zero-order valence-corrected chi connectivity index (χ0v) is 9.36. The number of rotatable bonds is 4. The molecule has 1 aromatic rings. The van der Waals surface area contributed by atoms with Crippen molar-refractivity contribution >= 4 is 5.97 Å². The number of hydrogen-bond donors (Lipinski definition) is 2. The fraction of sp³-hybridized carbons (Fsp3) is 0.364. The largest absolute Gasteiger partial charge is 0.490 e. The smallest absolute Gasteiger partial charge is 0.416 e. The highest BCUT2D eigenvalue weighted by molar-refractivity contribution is 5.76. The Bertz CT molecular complexity index is 440. The summed E-state index contributed by atoms with van der Waals surface area (Å²) in [6.45, 7) is 0.340. The third kappa shape index (κ3) is 3.63. The molecule has 0 saturated carbocycles. The van der Waals surface area contributed by atoms with Crippen LogP contribution in [0.5, 0.6) is 5.75 Å². The minimum absolute atomic E-state index is 0.161.